The lowest BCUT2D eigenvalue weighted by Crippen LogP contribution is -2.06. The van der Waals surface area contributed by atoms with Gasteiger partial charge in [-0.1, -0.05) is 358 Å². The van der Waals surface area contributed by atoms with Crippen molar-refractivity contribution in [1.29, 1.82) is 0 Å². The number of hydrogen-bond acceptors (Lipinski definition) is 9. The van der Waals surface area contributed by atoms with E-state index in [-0.39, 0.29) is 0 Å². The first-order valence-electron chi connectivity index (χ1n) is 50.4. The Hall–Kier alpha value is -20.1. The number of nitrogens with zero attached hydrogens (tertiary/aromatic N) is 13. The van der Waals surface area contributed by atoms with Gasteiger partial charge in [0.2, 0.25) is 5.95 Å². The van der Waals surface area contributed by atoms with E-state index in [0.29, 0.717) is 40.9 Å². The minimum absolute atomic E-state index is 0.590. The van der Waals surface area contributed by atoms with Gasteiger partial charge < -0.3 is 18.3 Å². The minimum Gasteiger partial charge on any atom is -0.309 e. The first-order valence-corrected chi connectivity index (χ1v) is 51.2. The van der Waals surface area contributed by atoms with Crippen molar-refractivity contribution in [3.05, 3.63) is 528 Å². The molecule has 702 valence electrons. The van der Waals surface area contributed by atoms with Crippen LogP contribution in [0.3, 0.4) is 0 Å². The summed E-state index contributed by atoms with van der Waals surface area (Å²) in [5, 5.41) is 14.8. The van der Waals surface area contributed by atoms with Gasteiger partial charge in [-0.2, -0.15) is 9.97 Å². The molecule has 9 aromatic heterocycles. The van der Waals surface area contributed by atoms with E-state index in [1.807, 2.05) is 163 Å². The third-order valence-corrected chi connectivity index (χ3v) is 30.0. The van der Waals surface area contributed by atoms with Crippen LogP contribution in [0.15, 0.2) is 528 Å². The summed E-state index contributed by atoms with van der Waals surface area (Å²) in [6, 6.07) is 184. The largest absolute Gasteiger partial charge is 0.309 e. The highest BCUT2D eigenvalue weighted by atomic mass is 32.1. The fourth-order valence-corrected chi connectivity index (χ4v) is 22.9. The highest BCUT2D eigenvalue weighted by molar-refractivity contribution is 7.25. The second kappa shape index (κ2) is 37.3. The van der Waals surface area contributed by atoms with Gasteiger partial charge in [-0.15, -0.1) is 11.3 Å². The Morgan fingerprint density at radius 3 is 0.767 bits per heavy atom. The molecule has 0 amide bonds. The van der Waals surface area contributed by atoms with Gasteiger partial charge in [0.25, 0.3) is 0 Å². The van der Waals surface area contributed by atoms with Gasteiger partial charge in [0.15, 0.2) is 34.9 Å². The van der Waals surface area contributed by atoms with E-state index >= 15 is 0 Å². The van der Waals surface area contributed by atoms with Crippen molar-refractivity contribution < 1.29 is 0 Å². The Bertz CT molecular complexity index is 10400. The van der Waals surface area contributed by atoms with Gasteiger partial charge in [0.05, 0.1) is 60.9 Å². The van der Waals surface area contributed by atoms with Crippen molar-refractivity contribution >= 4 is 141 Å². The van der Waals surface area contributed by atoms with Gasteiger partial charge in [-0.05, 0) is 197 Å². The van der Waals surface area contributed by atoms with Gasteiger partial charge >= 0.3 is 0 Å². The summed E-state index contributed by atoms with van der Waals surface area (Å²) in [5.41, 5.74) is 30.8. The molecule has 14 heteroatoms. The summed E-state index contributed by atoms with van der Waals surface area (Å²) < 4.78 is 14.3. The Labute approximate surface area is 866 Å². The standard InChI is InChI=1S/C51H33N5.C45H29N5.C40H25N3S/c1-4-15-34(16-5-1)49-52-50(35-17-6-2-7-18-35)54-51(53-49)38-19-14-22-40(31-38)56-46-26-13-11-24-42(46)44-33-37(28-30-48(44)56)36-27-29-47-43(32-36)41-23-10-12-25-45(41)55(47)39-20-8-3-9-21-39;1-4-14-30(15-5-1)43-46-44(31-16-6-2-7-17-31)48-45(47-43)50-40-23-13-11-21-36(40)38-29-33(25-27-42(38)50)32-24-26-41-37(28-32)35-20-10-12-22-39(35)49(41)34-18-8-3-9-19-34;1-2-9-26(10-3-1)35-21-22-41-40(42-35)29-11-8-12-30(23-29)43-36-15-6-4-13-31(36)33-24-27(17-19-37(33)43)28-18-20-39-34(25-28)32-14-5-7-16-38(32)44-39/h1-33H;1-29H;1-25H. The maximum atomic E-state index is 5.08. The number of benzene rings is 21. The molecular weight excluding hydrogens is 1850 g/mol. The molecule has 0 aliphatic rings. The molecule has 0 N–H and O–H groups in total. The van der Waals surface area contributed by atoms with E-state index in [4.69, 9.17) is 34.9 Å². The van der Waals surface area contributed by atoms with Crippen LogP contribution in [0.2, 0.25) is 0 Å². The van der Waals surface area contributed by atoms with Crippen LogP contribution in [0.5, 0.6) is 0 Å². The highest BCUT2D eigenvalue weighted by Gasteiger charge is 2.25. The van der Waals surface area contributed by atoms with E-state index < -0.39 is 0 Å². The quantitative estimate of drug-likeness (QED) is 0.0993. The number of aromatic nitrogens is 13. The molecule has 0 unspecified atom stereocenters. The van der Waals surface area contributed by atoms with Crippen molar-refractivity contribution in [3.8, 4) is 142 Å². The van der Waals surface area contributed by atoms with Crippen molar-refractivity contribution in [3.63, 3.8) is 0 Å². The first-order chi connectivity index (χ1) is 74.4. The van der Waals surface area contributed by atoms with Crippen LogP contribution in [-0.4, -0.2) is 62.7 Å². The molecule has 0 saturated carbocycles. The smallest absolute Gasteiger partial charge is 0.238 e. The molecule has 13 nitrogen and oxygen atoms in total. The number of hydrogen-bond donors (Lipinski definition) is 0. The maximum absolute atomic E-state index is 5.08. The summed E-state index contributed by atoms with van der Waals surface area (Å²) in [5.74, 6) is 4.50. The zero-order chi connectivity index (χ0) is 99.1. The second-order valence-electron chi connectivity index (χ2n) is 37.7. The Morgan fingerprint density at radius 2 is 0.393 bits per heavy atom. The minimum atomic E-state index is 0.590. The third kappa shape index (κ3) is 15.7. The van der Waals surface area contributed by atoms with E-state index in [9.17, 15) is 0 Å². The molecule has 0 radical (unpaired) electrons. The predicted molar refractivity (Wildman–Crippen MR) is 621 cm³/mol. The summed E-state index contributed by atoms with van der Waals surface area (Å²) in [6.07, 6.45) is 1.84. The molecule has 30 aromatic rings. The molecule has 9 heterocycles. The molecule has 0 atom stereocenters. The molecule has 30 rings (SSSR count). The third-order valence-electron chi connectivity index (χ3n) is 28.8. The average molecular weight is 1940 g/mol. The molecule has 0 fully saturated rings. The fourth-order valence-electron chi connectivity index (χ4n) is 21.8. The lowest BCUT2D eigenvalue weighted by Gasteiger charge is -2.12. The van der Waals surface area contributed by atoms with Crippen LogP contribution in [0, 0.1) is 0 Å². The topological polar surface area (TPSA) is 128 Å². The highest BCUT2D eigenvalue weighted by Crippen LogP contribution is 2.46. The predicted octanol–water partition coefficient (Wildman–Crippen LogP) is 34.7. The van der Waals surface area contributed by atoms with Crippen molar-refractivity contribution in [2.24, 2.45) is 0 Å². The lowest BCUT2D eigenvalue weighted by molar-refractivity contribution is 0.953. The molecule has 0 aliphatic carbocycles. The van der Waals surface area contributed by atoms with E-state index in [1.165, 1.54) is 124 Å². The Kier molecular flexibility index (Phi) is 21.8. The molecule has 150 heavy (non-hydrogen) atoms. The van der Waals surface area contributed by atoms with E-state index in [2.05, 4.69) is 404 Å². The Morgan fingerprint density at radius 1 is 0.140 bits per heavy atom. The van der Waals surface area contributed by atoms with Crippen LogP contribution < -0.4 is 0 Å². The lowest BCUT2D eigenvalue weighted by atomic mass is 10.0. The van der Waals surface area contributed by atoms with Crippen molar-refractivity contribution in [2.45, 2.75) is 0 Å². The van der Waals surface area contributed by atoms with Gasteiger partial charge in [-0.25, -0.2) is 29.9 Å². The van der Waals surface area contributed by atoms with Crippen molar-refractivity contribution in [1.82, 2.24) is 62.7 Å². The normalized spacial score (nSPS) is 11.6. The molecular formula is C136H87N13S. The zero-order valence-electron chi connectivity index (χ0n) is 81.0. The summed E-state index contributed by atoms with van der Waals surface area (Å²) in [4.78, 5) is 39.6. The maximum Gasteiger partial charge on any atom is 0.238 e. The first kappa shape index (κ1) is 87.7. The molecule has 0 bridgehead atoms. The SMILES string of the molecule is c1ccc(-c2ccnc(-c3cccc(-n4c5ccccc5c5cc(-c6ccc7sc8ccccc8c7c6)ccc54)c3)n2)cc1.c1ccc(-c2nc(-c3ccccc3)nc(-c3cccc(-n4c5ccccc5c5cc(-c6ccc7c(c6)c6ccccc6n7-c6ccccc6)ccc54)c3)n2)cc1.c1ccc(-c2nc(-c3ccccc3)nc(-n3c4ccccc4c4cc(-c5ccc6c(c5)c5ccccc5n6-c5ccccc5)ccc43)n2)cc1. The molecule has 0 saturated heterocycles. The van der Waals surface area contributed by atoms with Gasteiger partial charge in [0, 0.05) is 142 Å². The van der Waals surface area contributed by atoms with Crippen LogP contribution in [0.1, 0.15) is 0 Å². The molecule has 0 spiro atoms. The van der Waals surface area contributed by atoms with Gasteiger partial charge in [0.1, 0.15) is 0 Å². The monoisotopic (exact) mass is 1930 g/mol. The van der Waals surface area contributed by atoms with Gasteiger partial charge in [-0.3, -0.25) is 4.57 Å². The zero-order valence-corrected chi connectivity index (χ0v) is 81.8. The number of thiophene rings is 1. The van der Waals surface area contributed by atoms with Crippen LogP contribution in [0.25, 0.3) is 271 Å². The summed E-state index contributed by atoms with van der Waals surface area (Å²) in [7, 11) is 0. The number of fused-ring (bicyclic) bond motifs is 18. The number of rotatable bonds is 15. The average Bonchev–Trinajstić information content (AvgIpc) is 1.59. The van der Waals surface area contributed by atoms with Crippen molar-refractivity contribution in [2.75, 3.05) is 0 Å². The second-order valence-corrected chi connectivity index (χ2v) is 38.8. The summed E-state index contributed by atoms with van der Waals surface area (Å²) >= 11 is 1.86. The van der Waals surface area contributed by atoms with E-state index in [1.54, 1.807) is 0 Å². The van der Waals surface area contributed by atoms with E-state index in [0.717, 1.165) is 106 Å². The molecule has 21 aromatic carbocycles. The number of para-hydroxylation sites is 7. The van der Waals surface area contributed by atoms with Crippen LogP contribution in [-0.2, 0) is 0 Å². The molecule has 0 aliphatic heterocycles. The Balaban J connectivity index is 0.000000109. The summed E-state index contributed by atoms with van der Waals surface area (Å²) in [6.45, 7) is 0. The fraction of sp³-hybridized carbons (Fsp3) is 0. The van der Waals surface area contributed by atoms with Crippen LogP contribution >= 0.6 is 11.3 Å². The van der Waals surface area contributed by atoms with Crippen LogP contribution in [0.4, 0.5) is 0 Å².